The van der Waals surface area contributed by atoms with Crippen LogP contribution in [0.5, 0.6) is 0 Å². The van der Waals surface area contributed by atoms with Gasteiger partial charge >= 0.3 is 6.18 Å². The number of amides is 2. The van der Waals surface area contributed by atoms with Crippen LogP contribution in [0.1, 0.15) is 18.2 Å². The number of hydrogen-bond donors (Lipinski definition) is 2. The molecule has 0 aliphatic heterocycles. The zero-order valence-corrected chi connectivity index (χ0v) is 19.0. The second-order valence-corrected chi connectivity index (χ2v) is 7.88. The molecule has 3 rings (SSSR count). The van der Waals surface area contributed by atoms with Crippen LogP contribution in [0, 0.1) is 0 Å². The Morgan fingerprint density at radius 2 is 1.65 bits per heavy atom. The molecular formula is C24H23ClF3N3O3. The molecule has 180 valence electrons. The van der Waals surface area contributed by atoms with Crippen molar-refractivity contribution in [3.63, 3.8) is 0 Å². The Bertz CT molecular complexity index is 1130. The van der Waals surface area contributed by atoms with Gasteiger partial charge in [-0.15, -0.1) is 0 Å². The normalized spacial score (nSPS) is 11.5. The van der Waals surface area contributed by atoms with Crippen LogP contribution in [0.25, 0.3) is 11.3 Å². The molecule has 0 fully saturated rings. The summed E-state index contributed by atoms with van der Waals surface area (Å²) in [6, 6.07) is 15.4. The first-order valence-corrected chi connectivity index (χ1v) is 10.8. The van der Waals surface area contributed by atoms with E-state index in [9.17, 15) is 22.8 Å². The predicted molar refractivity (Wildman–Crippen MR) is 123 cm³/mol. The molecule has 34 heavy (non-hydrogen) atoms. The first kappa shape index (κ1) is 25.3. The van der Waals surface area contributed by atoms with Crippen LogP contribution in [0.3, 0.4) is 0 Å². The van der Waals surface area contributed by atoms with Gasteiger partial charge in [-0.3, -0.25) is 14.5 Å². The van der Waals surface area contributed by atoms with Gasteiger partial charge in [-0.2, -0.15) is 13.2 Å². The molecule has 0 bridgehead atoms. The highest BCUT2D eigenvalue weighted by atomic mass is 35.5. The van der Waals surface area contributed by atoms with Crippen LogP contribution >= 0.6 is 11.6 Å². The van der Waals surface area contributed by atoms with Gasteiger partial charge in [0.2, 0.25) is 11.8 Å². The molecule has 3 aromatic rings. The minimum atomic E-state index is -4.59. The standard InChI is InChI=1S/C24H23ClF3N3O3/c1-2-31(15-23(33)30-20-6-4-3-5-19(20)24(26,27)28)14-22(32)29-13-18-11-12-21(34-18)16-7-9-17(25)10-8-16/h3-12H,2,13-15H2,1H3,(H,29,32)(H,30,33). The summed E-state index contributed by atoms with van der Waals surface area (Å²) in [5.41, 5.74) is -0.410. The van der Waals surface area contributed by atoms with E-state index in [2.05, 4.69) is 10.6 Å². The molecular weight excluding hydrogens is 471 g/mol. The van der Waals surface area contributed by atoms with Crippen molar-refractivity contribution in [1.82, 2.24) is 10.2 Å². The summed E-state index contributed by atoms with van der Waals surface area (Å²) >= 11 is 5.89. The molecule has 2 N–H and O–H groups in total. The van der Waals surface area contributed by atoms with Gasteiger partial charge < -0.3 is 15.1 Å². The van der Waals surface area contributed by atoms with E-state index in [-0.39, 0.29) is 31.2 Å². The Kier molecular flexibility index (Phi) is 8.36. The lowest BCUT2D eigenvalue weighted by atomic mass is 10.1. The molecule has 1 aromatic heterocycles. The Hall–Kier alpha value is -3.30. The maximum atomic E-state index is 13.1. The number of hydrogen-bond acceptors (Lipinski definition) is 4. The molecule has 0 atom stereocenters. The minimum absolute atomic E-state index is 0.102. The van der Waals surface area contributed by atoms with E-state index in [1.165, 1.54) is 23.1 Å². The third-order valence-electron chi connectivity index (χ3n) is 4.94. The largest absolute Gasteiger partial charge is 0.459 e. The molecule has 0 aliphatic carbocycles. The number of anilines is 1. The molecule has 0 radical (unpaired) electrons. The average molecular weight is 494 g/mol. The van der Waals surface area contributed by atoms with Gasteiger partial charge in [0.05, 0.1) is 30.9 Å². The lowest BCUT2D eigenvalue weighted by Gasteiger charge is -2.20. The van der Waals surface area contributed by atoms with Crippen LogP contribution in [0.4, 0.5) is 18.9 Å². The maximum Gasteiger partial charge on any atom is 0.418 e. The summed E-state index contributed by atoms with van der Waals surface area (Å²) in [6.07, 6.45) is -4.59. The van der Waals surface area contributed by atoms with Crippen LogP contribution in [0.15, 0.2) is 65.1 Å². The van der Waals surface area contributed by atoms with E-state index in [0.29, 0.717) is 23.1 Å². The number of furan rings is 1. The Morgan fingerprint density at radius 1 is 0.971 bits per heavy atom. The van der Waals surface area contributed by atoms with E-state index < -0.39 is 17.6 Å². The molecule has 0 saturated carbocycles. The van der Waals surface area contributed by atoms with Crippen molar-refractivity contribution < 1.29 is 27.2 Å². The van der Waals surface area contributed by atoms with Gasteiger partial charge in [0.15, 0.2) is 0 Å². The number of alkyl halides is 3. The summed E-state index contributed by atoms with van der Waals surface area (Å²) in [7, 11) is 0. The van der Waals surface area contributed by atoms with Gasteiger partial charge in [-0.1, -0.05) is 30.7 Å². The molecule has 1 heterocycles. The molecule has 0 unspecified atom stereocenters. The average Bonchev–Trinajstić information content (AvgIpc) is 3.26. The van der Waals surface area contributed by atoms with Crippen molar-refractivity contribution in [3.05, 3.63) is 77.0 Å². The number of carbonyl (C=O) groups is 2. The van der Waals surface area contributed by atoms with Gasteiger partial charge in [-0.25, -0.2) is 0 Å². The van der Waals surface area contributed by atoms with Crippen molar-refractivity contribution in [3.8, 4) is 11.3 Å². The van der Waals surface area contributed by atoms with E-state index in [0.717, 1.165) is 11.6 Å². The molecule has 10 heteroatoms. The molecule has 2 aromatic carbocycles. The topological polar surface area (TPSA) is 74.6 Å². The van der Waals surface area contributed by atoms with Crippen LogP contribution in [-0.4, -0.2) is 36.3 Å². The number of carbonyl (C=O) groups excluding carboxylic acids is 2. The van der Waals surface area contributed by atoms with Crippen LogP contribution in [-0.2, 0) is 22.3 Å². The summed E-state index contributed by atoms with van der Waals surface area (Å²) in [4.78, 5) is 26.2. The Morgan fingerprint density at radius 3 is 2.32 bits per heavy atom. The number of rotatable bonds is 9. The first-order valence-electron chi connectivity index (χ1n) is 10.5. The van der Waals surface area contributed by atoms with Crippen molar-refractivity contribution in [1.29, 1.82) is 0 Å². The molecule has 0 spiro atoms. The van der Waals surface area contributed by atoms with Gasteiger partial charge in [0.25, 0.3) is 0 Å². The van der Waals surface area contributed by atoms with Crippen LogP contribution < -0.4 is 10.6 Å². The number of benzene rings is 2. The second-order valence-electron chi connectivity index (χ2n) is 7.44. The fourth-order valence-corrected chi connectivity index (χ4v) is 3.32. The third-order valence-corrected chi connectivity index (χ3v) is 5.19. The monoisotopic (exact) mass is 493 g/mol. The maximum absolute atomic E-state index is 13.1. The molecule has 0 saturated heterocycles. The van der Waals surface area contributed by atoms with Gasteiger partial charge in [-0.05, 0) is 55.1 Å². The zero-order chi connectivity index (χ0) is 24.7. The fourth-order valence-electron chi connectivity index (χ4n) is 3.20. The number of likely N-dealkylation sites (N-methyl/N-ethyl adjacent to an activating group) is 1. The van der Waals surface area contributed by atoms with E-state index in [1.54, 1.807) is 31.2 Å². The van der Waals surface area contributed by atoms with Crippen molar-refractivity contribution in [2.45, 2.75) is 19.6 Å². The number of nitrogens with zero attached hydrogens (tertiary/aromatic N) is 1. The Labute approximate surface area is 199 Å². The Balaban J connectivity index is 1.50. The zero-order valence-electron chi connectivity index (χ0n) is 18.3. The second kappa shape index (κ2) is 11.2. The van der Waals surface area contributed by atoms with Crippen molar-refractivity contribution in [2.75, 3.05) is 25.0 Å². The lowest BCUT2D eigenvalue weighted by Crippen LogP contribution is -2.41. The number of nitrogens with one attached hydrogen (secondary N) is 2. The first-order chi connectivity index (χ1) is 16.2. The summed E-state index contributed by atoms with van der Waals surface area (Å²) < 4.78 is 45.1. The third kappa shape index (κ3) is 7.10. The molecule has 2 amide bonds. The fraction of sp³-hybridized carbons (Fsp3) is 0.250. The summed E-state index contributed by atoms with van der Waals surface area (Å²) in [5, 5.41) is 5.61. The number of para-hydroxylation sites is 1. The van der Waals surface area contributed by atoms with E-state index in [4.69, 9.17) is 16.0 Å². The summed E-state index contributed by atoms with van der Waals surface area (Å²) in [5.74, 6) is 0.175. The van der Waals surface area contributed by atoms with Gasteiger partial charge in [0.1, 0.15) is 11.5 Å². The number of halogens is 4. The highest BCUT2D eigenvalue weighted by Crippen LogP contribution is 2.34. The lowest BCUT2D eigenvalue weighted by molar-refractivity contribution is -0.137. The quantitative estimate of drug-likeness (QED) is 0.430. The highest BCUT2D eigenvalue weighted by Gasteiger charge is 2.33. The van der Waals surface area contributed by atoms with E-state index >= 15 is 0 Å². The predicted octanol–water partition coefficient (Wildman–Crippen LogP) is 5.20. The molecule has 0 aliphatic rings. The van der Waals surface area contributed by atoms with Crippen LogP contribution in [0.2, 0.25) is 5.02 Å². The van der Waals surface area contributed by atoms with Crippen molar-refractivity contribution >= 4 is 29.1 Å². The van der Waals surface area contributed by atoms with Gasteiger partial charge in [0, 0.05) is 10.6 Å². The van der Waals surface area contributed by atoms with Crippen molar-refractivity contribution in [2.24, 2.45) is 0 Å². The summed E-state index contributed by atoms with van der Waals surface area (Å²) in [6.45, 7) is 1.90. The highest BCUT2D eigenvalue weighted by molar-refractivity contribution is 6.30. The SMILES string of the molecule is CCN(CC(=O)NCc1ccc(-c2ccc(Cl)cc2)o1)CC(=O)Nc1ccccc1C(F)(F)F. The van der Waals surface area contributed by atoms with E-state index in [1.807, 2.05) is 12.1 Å². The smallest absolute Gasteiger partial charge is 0.418 e. The molecule has 6 nitrogen and oxygen atoms in total. The minimum Gasteiger partial charge on any atom is -0.459 e.